The summed E-state index contributed by atoms with van der Waals surface area (Å²) in [5, 5.41) is 3.32. The van der Waals surface area contributed by atoms with Gasteiger partial charge in [-0.15, -0.1) is 0 Å². The van der Waals surface area contributed by atoms with Crippen LogP contribution in [0.25, 0.3) is 0 Å². The third kappa shape index (κ3) is 4.07. The number of hydrogen-bond donors (Lipinski definition) is 1. The summed E-state index contributed by atoms with van der Waals surface area (Å²) >= 11 is 0. The molecule has 2 heteroatoms. The molecule has 0 atom stereocenters. The van der Waals surface area contributed by atoms with Gasteiger partial charge < -0.3 is 5.32 Å². The van der Waals surface area contributed by atoms with E-state index in [0.717, 1.165) is 24.9 Å². The lowest BCUT2D eigenvalue weighted by molar-refractivity contribution is 0.0991. The zero-order chi connectivity index (χ0) is 15.2. The summed E-state index contributed by atoms with van der Waals surface area (Å²) in [6.45, 7) is 1.38. The second-order valence-corrected chi connectivity index (χ2v) is 6.65. The topological polar surface area (TPSA) is 29.1 Å². The Labute approximate surface area is 134 Å². The molecule has 0 aliphatic heterocycles. The normalized spacial score (nSPS) is 17.7. The number of rotatable bonds is 6. The molecule has 3 rings (SSSR count). The molecule has 2 aliphatic rings. The first kappa shape index (κ1) is 15.5. The van der Waals surface area contributed by atoms with Gasteiger partial charge in [0.05, 0.1) is 6.54 Å². The largest absolute Gasteiger partial charge is 0.309 e. The van der Waals surface area contributed by atoms with Crippen molar-refractivity contribution in [2.45, 2.75) is 57.8 Å². The van der Waals surface area contributed by atoms with Gasteiger partial charge >= 0.3 is 0 Å². The Morgan fingerprint density at radius 1 is 1.00 bits per heavy atom. The average molecular weight is 297 g/mol. The molecule has 0 saturated heterocycles. The number of carbonyl (C=O) groups is 1. The maximum Gasteiger partial charge on any atom is 0.176 e. The zero-order valence-electron chi connectivity index (χ0n) is 13.5. The van der Waals surface area contributed by atoms with E-state index >= 15 is 0 Å². The van der Waals surface area contributed by atoms with Crippen LogP contribution >= 0.6 is 0 Å². The molecule has 1 aromatic rings. The predicted molar refractivity (Wildman–Crippen MR) is 91.5 cm³/mol. The molecule has 0 saturated carbocycles. The summed E-state index contributed by atoms with van der Waals surface area (Å²) in [5.74, 6) is 0.228. The van der Waals surface area contributed by atoms with E-state index in [-0.39, 0.29) is 5.78 Å². The summed E-state index contributed by atoms with van der Waals surface area (Å²) in [7, 11) is 0. The second kappa shape index (κ2) is 7.73. The van der Waals surface area contributed by atoms with E-state index < -0.39 is 0 Å². The van der Waals surface area contributed by atoms with Crippen LogP contribution in [0.3, 0.4) is 0 Å². The molecule has 1 aromatic carbocycles. The molecule has 0 bridgehead atoms. The van der Waals surface area contributed by atoms with Crippen molar-refractivity contribution in [3.8, 4) is 0 Å². The highest BCUT2D eigenvalue weighted by atomic mass is 16.1. The number of Topliss-reactive ketones (excluding diaryl/α,β-unsaturated/α-hetero) is 1. The van der Waals surface area contributed by atoms with Gasteiger partial charge in [-0.2, -0.15) is 0 Å². The van der Waals surface area contributed by atoms with E-state index in [1.807, 2.05) is 6.07 Å². The highest BCUT2D eigenvalue weighted by Crippen LogP contribution is 2.22. The lowest BCUT2D eigenvalue weighted by Crippen LogP contribution is -2.24. The van der Waals surface area contributed by atoms with Gasteiger partial charge in [0.15, 0.2) is 5.78 Å². The molecule has 0 fully saturated rings. The van der Waals surface area contributed by atoms with Crippen LogP contribution < -0.4 is 5.32 Å². The van der Waals surface area contributed by atoms with Crippen molar-refractivity contribution in [1.29, 1.82) is 0 Å². The third-order valence-electron chi connectivity index (χ3n) is 4.96. The van der Waals surface area contributed by atoms with Gasteiger partial charge in [0.25, 0.3) is 0 Å². The summed E-state index contributed by atoms with van der Waals surface area (Å²) in [6.07, 6.45) is 13.5. The van der Waals surface area contributed by atoms with E-state index in [0.29, 0.717) is 6.54 Å². The van der Waals surface area contributed by atoms with Crippen molar-refractivity contribution in [3.05, 3.63) is 46.5 Å². The van der Waals surface area contributed by atoms with Crippen LogP contribution in [-0.4, -0.2) is 18.9 Å². The molecule has 2 aliphatic carbocycles. The molecule has 0 unspecified atom stereocenters. The third-order valence-corrected chi connectivity index (χ3v) is 4.96. The molecule has 0 amide bonds. The number of hydrogen-bond acceptors (Lipinski definition) is 2. The first-order chi connectivity index (χ1) is 10.8. The SMILES string of the molecule is O=C(CNCCC1=CCCCC1)c1ccc2c(c1)CCCC2. The minimum atomic E-state index is 0.228. The van der Waals surface area contributed by atoms with Crippen LogP contribution in [0.15, 0.2) is 29.8 Å². The van der Waals surface area contributed by atoms with Crippen molar-refractivity contribution < 1.29 is 4.79 Å². The molecular weight excluding hydrogens is 270 g/mol. The van der Waals surface area contributed by atoms with Crippen molar-refractivity contribution in [3.63, 3.8) is 0 Å². The highest BCUT2D eigenvalue weighted by molar-refractivity contribution is 5.97. The van der Waals surface area contributed by atoms with Crippen molar-refractivity contribution in [2.24, 2.45) is 0 Å². The Balaban J connectivity index is 1.46. The van der Waals surface area contributed by atoms with Gasteiger partial charge in [0, 0.05) is 5.56 Å². The number of benzene rings is 1. The molecule has 118 valence electrons. The van der Waals surface area contributed by atoms with Gasteiger partial charge in [-0.05, 0) is 81.5 Å². The summed E-state index contributed by atoms with van der Waals surface area (Å²) in [4.78, 5) is 12.3. The number of aryl methyl sites for hydroxylation is 2. The number of allylic oxidation sites excluding steroid dienone is 1. The van der Waals surface area contributed by atoms with Crippen LogP contribution in [0.4, 0.5) is 0 Å². The fourth-order valence-electron chi connectivity index (χ4n) is 3.59. The molecular formula is C20H27NO. The van der Waals surface area contributed by atoms with Crippen molar-refractivity contribution in [1.82, 2.24) is 5.32 Å². The molecule has 0 spiro atoms. The Morgan fingerprint density at radius 3 is 2.64 bits per heavy atom. The predicted octanol–water partition coefficient (Wildman–Crippen LogP) is 4.23. The van der Waals surface area contributed by atoms with Gasteiger partial charge in [0.1, 0.15) is 0 Å². The number of ketones is 1. The Kier molecular flexibility index (Phi) is 5.44. The van der Waals surface area contributed by atoms with E-state index in [4.69, 9.17) is 0 Å². The molecule has 0 aromatic heterocycles. The Morgan fingerprint density at radius 2 is 1.82 bits per heavy atom. The highest BCUT2D eigenvalue weighted by Gasteiger charge is 2.12. The monoisotopic (exact) mass is 297 g/mol. The molecule has 1 N–H and O–H groups in total. The lowest BCUT2D eigenvalue weighted by atomic mass is 9.90. The minimum Gasteiger partial charge on any atom is -0.309 e. The Bertz CT molecular complexity index is 559. The van der Waals surface area contributed by atoms with E-state index in [9.17, 15) is 4.79 Å². The molecule has 0 radical (unpaired) electrons. The zero-order valence-corrected chi connectivity index (χ0v) is 13.5. The smallest absolute Gasteiger partial charge is 0.176 e. The summed E-state index contributed by atoms with van der Waals surface area (Å²) in [6, 6.07) is 6.30. The van der Waals surface area contributed by atoms with Crippen LogP contribution in [-0.2, 0) is 12.8 Å². The quantitative estimate of drug-likeness (QED) is 0.484. The minimum absolute atomic E-state index is 0.228. The summed E-state index contributed by atoms with van der Waals surface area (Å²) in [5.41, 5.74) is 5.29. The Hall–Kier alpha value is -1.41. The van der Waals surface area contributed by atoms with E-state index in [1.54, 1.807) is 5.57 Å². The lowest BCUT2D eigenvalue weighted by Gasteiger charge is -2.16. The average Bonchev–Trinajstić information content (AvgIpc) is 2.59. The van der Waals surface area contributed by atoms with Crippen LogP contribution in [0.5, 0.6) is 0 Å². The van der Waals surface area contributed by atoms with Crippen molar-refractivity contribution in [2.75, 3.05) is 13.1 Å². The fraction of sp³-hybridized carbons (Fsp3) is 0.550. The maximum absolute atomic E-state index is 12.3. The first-order valence-corrected chi connectivity index (χ1v) is 8.86. The van der Waals surface area contributed by atoms with Gasteiger partial charge in [-0.25, -0.2) is 0 Å². The number of nitrogens with one attached hydrogen (secondary N) is 1. The number of carbonyl (C=O) groups excluding carboxylic acids is 1. The fourth-order valence-corrected chi connectivity index (χ4v) is 3.59. The van der Waals surface area contributed by atoms with Crippen LogP contribution in [0.1, 0.15) is 66.4 Å². The molecule has 22 heavy (non-hydrogen) atoms. The van der Waals surface area contributed by atoms with Gasteiger partial charge in [-0.3, -0.25) is 4.79 Å². The van der Waals surface area contributed by atoms with Gasteiger partial charge in [0.2, 0.25) is 0 Å². The molecule has 2 nitrogen and oxygen atoms in total. The number of fused-ring (bicyclic) bond motifs is 1. The van der Waals surface area contributed by atoms with Crippen molar-refractivity contribution >= 4 is 5.78 Å². The maximum atomic E-state index is 12.3. The summed E-state index contributed by atoms with van der Waals surface area (Å²) < 4.78 is 0. The molecule has 0 heterocycles. The van der Waals surface area contributed by atoms with Crippen LogP contribution in [0.2, 0.25) is 0 Å². The van der Waals surface area contributed by atoms with E-state index in [2.05, 4.69) is 23.5 Å². The first-order valence-electron chi connectivity index (χ1n) is 8.86. The standard InChI is InChI=1S/C20H27NO/c22-20(15-21-13-12-16-6-2-1-3-7-16)19-11-10-17-8-4-5-9-18(17)14-19/h6,10-11,14,21H,1-5,7-9,12-13,15H2. The van der Waals surface area contributed by atoms with Crippen LogP contribution in [0, 0.1) is 0 Å². The van der Waals surface area contributed by atoms with Gasteiger partial charge in [-0.1, -0.05) is 23.8 Å². The second-order valence-electron chi connectivity index (χ2n) is 6.65. The van der Waals surface area contributed by atoms with E-state index in [1.165, 1.54) is 56.1 Å².